The highest BCUT2D eigenvalue weighted by Crippen LogP contribution is 2.19. The molecule has 0 bridgehead atoms. The molecule has 0 saturated heterocycles. The highest BCUT2D eigenvalue weighted by Gasteiger charge is 2.24. The molecule has 29 heavy (non-hydrogen) atoms. The lowest BCUT2D eigenvalue weighted by molar-refractivity contribution is -0.121. The van der Waals surface area contributed by atoms with Crippen LogP contribution < -0.4 is 15.4 Å². The van der Waals surface area contributed by atoms with Crippen LogP contribution in [0.15, 0.2) is 60.7 Å². The molecule has 2 atom stereocenters. The number of rotatable bonds is 7. The maximum Gasteiger partial charge on any atom is 0.244 e. The molecule has 0 radical (unpaired) electrons. The summed E-state index contributed by atoms with van der Waals surface area (Å²) in [5.41, 5.74) is 1.92. The van der Waals surface area contributed by atoms with Crippen molar-refractivity contribution in [2.24, 2.45) is 0 Å². The van der Waals surface area contributed by atoms with E-state index >= 15 is 0 Å². The highest BCUT2D eigenvalue weighted by molar-refractivity contribution is 5.91. The molecule has 2 N–H and O–H groups in total. The van der Waals surface area contributed by atoms with Crippen LogP contribution in [0.5, 0.6) is 5.75 Å². The Hall–Kier alpha value is -3.08. The summed E-state index contributed by atoms with van der Waals surface area (Å²) in [5, 5.41) is 6.18. The zero-order valence-corrected chi connectivity index (χ0v) is 16.8. The Bertz CT molecular complexity index is 848. The topological polar surface area (TPSA) is 67.4 Å². The second kappa shape index (κ2) is 10.5. The van der Waals surface area contributed by atoms with Crippen molar-refractivity contribution in [3.63, 3.8) is 0 Å². The monoisotopic (exact) mass is 392 g/mol. The summed E-state index contributed by atoms with van der Waals surface area (Å²) in [6.45, 7) is 0. The number of benzene rings is 2. The minimum absolute atomic E-state index is 0.000738. The summed E-state index contributed by atoms with van der Waals surface area (Å²) in [6.07, 6.45) is 7.33. The standard InChI is InChI=1S/C24H28N2O3/c1-29-22-12-5-9-19(15-22)16-24(28)26-21-11-6-10-20(17-21)25-23(27)14-13-18-7-3-2-4-8-18/h2-5,7-9,12-15,20-21H,6,10-11,16-17H2,1H3,(H,25,27)(H,26,28)/t20-,21-/m1/s1. The first-order valence-corrected chi connectivity index (χ1v) is 10.1. The van der Waals surface area contributed by atoms with Crippen molar-refractivity contribution in [2.75, 3.05) is 7.11 Å². The van der Waals surface area contributed by atoms with Crippen LogP contribution in [0.25, 0.3) is 6.08 Å². The Morgan fingerprint density at radius 1 is 1.03 bits per heavy atom. The molecular formula is C24H28N2O3. The number of carbonyl (C=O) groups excluding carboxylic acids is 2. The van der Waals surface area contributed by atoms with Crippen LogP contribution in [-0.2, 0) is 16.0 Å². The van der Waals surface area contributed by atoms with Gasteiger partial charge in [-0.05, 0) is 55.0 Å². The molecule has 3 rings (SSSR count). The second-order valence-electron chi connectivity index (χ2n) is 7.41. The molecule has 0 spiro atoms. The van der Waals surface area contributed by atoms with E-state index in [2.05, 4.69) is 10.6 Å². The summed E-state index contributed by atoms with van der Waals surface area (Å²) < 4.78 is 5.21. The van der Waals surface area contributed by atoms with Gasteiger partial charge < -0.3 is 15.4 Å². The third kappa shape index (κ3) is 6.79. The van der Waals surface area contributed by atoms with Crippen molar-refractivity contribution in [1.82, 2.24) is 10.6 Å². The van der Waals surface area contributed by atoms with Crippen molar-refractivity contribution in [2.45, 2.75) is 44.2 Å². The zero-order valence-electron chi connectivity index (χ0n) is 16.8. The van der Waals surface area contributed by atoms with Gasteiger partial charge in [0, 0.05) is 18.2 Å². The molecule has 1 saturated carbocycles. The molecule has 2 aromatic carbocycles. The van der Waals surface area contributed by atoms with Gasteiger partial charge in [0.2, 0.25) is 11.8 Å². The molecule has 1 aliphatic rings. The van der Waals surface area contributed by atoms with Crippen LogP contribution in [0.1, 0.15) is 36.8 Å². The molecular weight excluding hydrogens is 364 g/mol. The first kappa shape index (κ1) is 20.6. The van der Waals surface area contributed by atoms with Crippen molar-refractivity contribution >= 4 is 17.9 Å². The highest BCUT2D eigenvalue weighted by atomic mass is 16.5. The normalized spacial score (nSPS) is 18.9. The van der Waals surface area contributed by atoms with E-state index in [1.807, 2.05) is 60.7 Å². The van der Waals surface area contributed by atoms with E-state index < -0.39 is 0 Å². The molecule has 1 fully saturated rings. The first-order valence-electron chi connectivity index (χ1n) is 10.1. The van der Waals surface area contributed by atoms with Crippen LogP contribution >= 0.6 is 0 Å². The van der Waals surface area contributed by atoms with Gasteiger partial charge in [-0.2, -0.15) is 0 Å². The van der Waals surface area contributed by atoms with Crippen LogP contribution in [0.4, 0.5) is 0 Å². The molecule has 5 nitrogen and oxygen atoms in total. The smallest absolute Gasteiger partial charge is 0.244 e. The first-order chi connectivity index (χ1) is 14.1. The predicted molar refractivity (Wildman–Crippen MR) is 115 cm³/mol. The molecule has 0 unspecified atom stereocenters. The molecule has 2 amide bonds. The quantitative estimate of drug-likeness (QED) is 0.709. The van der Waals surface area contributed by atoms with E-state index in [4.69, 9.17) is 4.74 Å². The third-order valence-corrected chi connectivity index (χ3v) is 5.11. The van der Waals surface area contributed by atoms with Gasteiger partial charge in [0.05, 0.1) is 13.5 Å². The molecule has 0 heterocycles. The van der Waals surface area contributed by atoms with E-state index in [-0.39, 0.29) is 23.9 Å². The fourth-order valence-electron chi connectivity index (χ4n) is 3.68. The van der Waals surface area contributed by atoms with Crippen LogP contribution in [0.3, 0.4) is 0 Å². The lowest BCUT2D eigenvalue weighted by Gasteiger charge is -2.30. The Kier molecular flexibility index (Phi) is 7.45. The van der Waals surface area contributed by atoms with Gasteiger partial charge >= 0.3 is 0 Å². The molecule has 2 aromatic rings. The van der Waals surface area contributed by atoms with Crippen molar-refractivity contribution in [1.29, 1.82) is 0 Å². The van der Waals surface area contributed by atoms with Gasteiger partial charge in [0.25, 0.3) is 0 Å². The number of carbonyl (C=O) groups is 2. The SMILES string of the molecule is COc1cccc(CC(=O)N[C@@H]2CCC[C@@H](NC(=O)C=Cc3ccccc3)C2)c1. The van der Waals surface area contributed by atoms with Crippen LogP contribution in [-0.4, -0.2) is 31.0 Å². The number of amides is 2. The van der Waals surface area contributed by atoms with Gasteiger partial charge in [-0.1, -0.05) is 42.5 Å². The van der Waals surface area contributed by atoms with E-state index in [9.17, 15) is 9.59 Å². The fourth-order valence-corrected chi connectivity index (χ4v) is 3.68. The molecule has 1 aliphatic carbocycles. The number of ether oxygens (including phenoxy) is 1. The Morgan fingerprint density at radius 3 is 2.55 bits per heavy atom. The molecule has 0 aromatic heterocycles. The average molecular weight is 392 g/mol. The fraction of sp³-hybridized carbons (Fsp3) is 0.333. The molecule has 5 heteroatoms. The summed E-state index contributed by atoms with van der Waals surface area (Å²) in [5.74, 6) is 0.653. The maximum atomic E-state index is 12.4. The summed E-state index contributed by atoms with van der Waals surface area (Å²) in [7, 11) is 1.62. The minimum atomic E-state index is -0.0952. The summed E-state index contributed by atoms with van der Waals surface area (Å²) >= 11 is 0. The van der Waals surface area contributed by atoms with Gasteiger partial charge in [-0.25, -0.2) is 0 Å². The van der Waals surface area contributed by atoms with Crippen molar-refractivity contribution in [3.05, 3.63) is 71.8 Å². The predicted octanol–water partition coefficient (Wildman–Crippen LogP) is 3.49. The molecule has 152 valence electrons. The Balaban J connectivity index is 1.46. The zero-order chi connectivity index (χ0) is 20.5. The average Bonchev–Trinajstić information content (AvgIpc) is 2.73. The van der Waals surface area contributed by atoms with E-state index in [1.165, 1.54) is 0 Å². The van der Waals surface area contributed by atoms with Gasteiger partial charge in [0.1, 0.15) is 5.75 Å². The number of methoxy groups -OCH3 is 1. The van der Waals surface area contributed by atoms with Crippen LogP contribution in [0, 0.1) is 0 Å². The Labute approximate surface area is 172 Å². The van der Waals surface area contributed by atoms with E-state index in [1.54, 1.807) is 13.2 Å². The summed E-state index contributed by atoms with van der Waals surface area (Å²) in [4.78, 5) is 24.6. The van der Waals surface area contributed by atoms with Crippen molar-refractivity contribution < 1.29 is 14.3 Å². The van der Waals surface area contributed by atoms with Gasteiger partial charge in [-0.3, -0.25) is 9.59 Å². The lowest BCUT2D eigenvalue weighted by Crippen LogP contribution is -2.45. The minimum Gasteiger partial charge on any atom is -0.497 e. The Morgan fingerprint density at radius 2 is 1.79 bits per heavy atom. The van der Waals surface area contributed by atoms with Crippen molar-refractivity contribution in [3.8, 4) is 5.75 Å². The van der Waals surface area contributed by atoms with Gasteiger partial charge in [-0.15, -0.1) is 0 Å². The van der Waals surface area contributed by atoms with E-state index in [0.717, 1.165) is 42.6 Å². The lowest BCUT2D eigenvalue weighted by atomic mass is 9.90. The summed E-state index contributed by atoms with van der Waals surface area (Å²) in [6, 6.07) is 17.5. The number of hydrogen-bond acceptors (Lipinski definition) is 3. The number of nitrogens with one attached hydrogen (secondary N) is 2. The van der Waals surface area contributed by atoms with Crippen LogP contribution in [0.2, 0.25) is 0 Å². The largest absolute Gasteiger partial charge is 0.497 e. The van der Waals surface area contributed by atoms with E-state index in [0.29, 0.717) is 6.42 Å². The molecule has 0 aliphatic heterocycles. The van der Waals surface area contributed by atoms with Gasteiger partial charge in [0.15, 0.2) is 0 Å². The maximum absolute atomic E-state index is 12.4. The second-order valence-corrected chi connectivity index (χ2v) is 7.41. The number of hydrogen-bond donors (Lipinski definition) is 2. The third-order valence-electron chi connectivity index (χ3n) is 5.11.